The Labute approximate surface area is 780 Å². The first-order valence-electron chi connectivity index (χ1n) is 42.5. The van der Waals surface area contributed by atoms with Crippen LogP contribution in [0.2, 0.25) is 0 Å². The second kappa shape index (κ2) is 43.3. The molecule has 15 heteroatoms. The fraction of sp³-hybridized carbons (Fsp3) is 0.108. The van der Waals surface area contributed by atoms with Gasteiger partial charge < -0.3 is 43.2 Å². The number of benzene rings is 9. The Kier molecular flexibility index (Phi) is 29.6. The summed E-state index contributed by atoms with van der Waals surface area (Å²) in [5.74, 6) is 1.36. The molecule has 0 aliphatic rings. The first kappa shape index (κ1) is 86.2. The minimum Gasteiger partial charge on any atom is -0.486 e. The van der Waals surface area contributed by atoms with E-state index < -0.39 is 6.85 Å². The monoisotopic (exact) mass is 2180 g/mol. The third-order valence-corrected chi connectivity index (χ3v) is 20.5. The zero-order chi connectivity index (χ0) is 86.9. The van der Waals surface area contributed by atoms with Gasteiger partial charge in [-0.05, 0) is 184 Å². The Morgan fingerprint density at radius 1 is 0.286 bits per heavy atom. The minimum atomic E-state index is -2.16. The number of aryl methyl sites for hydroxylation is 2. The van der Waals surface area contributed by atoms with E-state index in [0.29, 0.717) is 40.6 Å². The average molecular weight is 2170 g/mol. The van der Waals surface area contributed by atoms with Crippen LogP contribution < -0.4 is 0 Å². The van der Waals surface area contributed by atoms with Crippen LogP contribution in [0.15, 0.2) is 366 Å². The average Bonchev–Trinajstić information content (AvgIpc) is 1.62. The first-order valence-corrected chi connectivity index (χ1v) is 41.0. The van der Waals surface area contributed by atoms with Crippen LogP contribution in [0, 0.1) is 56.1 Å². The molecular formula is C111H87Ir3N9O3-6. The van der Waals surface area contributed by atoms with Crippen LogP contribution in [0.3, 0.4) is 0 Å². The van der Waals surface area contributed by atoms with Crippen LogP contribution in [0.25, 0.3) is 167 Å². The smallest absolute Gasteiger partial charge is 0.216 e. The SMILES string of the molecule is CC(C)c1ccc2c(n1)oc1c(-c3cc(-c4ccccc4)ccn3)[c-]ccc12.CC(C)c1ccc2c(n1)oc1c(-c3cc(-c4ccccc4)ccn3)[c-]ccc12.Cc1ccc2c(n1)oc1c(-c3cc(-c4ccc(CC(C)C)cc4)ccn3)[c-]ccc12.[2H]C([2H])([2H])c1cccc(-c2[c-]cccc2)n1.[Ir].[Ir].[Ir].[c-]1ccccc1-c1ccccn1.[c-]1ccccc1-c1ccccn1. The zero-order valence-corrected chi connectivity index (χ0v) is 77.4. The molecule has 0 unspecified atom stereocenters. The molecule has 0 amide bonds. The summed E-state index contributed by atoms with van der Waals surface area (Å²) in [6, 6.07) is 125. The van der Waals surface area contributed by atoms with Gasteiger partial charge in [-0.1, -0.05) is 214 Å². The van der Waals surface area contributed by atoms with Crippen LogP contribution in [0.4, 0.5) is 0 Å². The molecule has 126 heavy (non-hydrogen) atoms. The van der Waals surface area contributed by atoms with Crippen molar-refractivity contribution in [3.8, 4) is 101 Å². The largest absolute Gasteiger partial charge is 0.486 e. The second-order valence-corrected chi connectivity index (χ2v) is 30.4. The number of hydrogen-bond acceptors (Lipinski definition) is 12. The second-order valence-electron chi connectivity index (χ2n) is 30.4. The minimum absolute atomic E-state index is 0. The van der Waals surface area contributed by atoms with E-state index in [0.717, 1.165) is 162 Å². The summed E-state index contributed by atoms with van der Waals surface area (Å²) in [4.78, 5) is 40.3. The predicted molar refractivity (Wildman–Crippen MR) is 499 cm³/mol. The number of rotatable bonds is 13. The molecule has 3 radical (unpaired) electrons. The molecule has 0 bridgehead atoms. The molecule has 0 aliphatic heterocycles. The Balaban J connectivity index is 0.000000136. The van der Waals surface area contributed by atoms with Crippen molar-refractivity contribution < 1.29 is 77.7 Å². The van der Waals surface area contributed by atoms with Crippen molar-refractivity contribution in [3.63, 3.8) is 0 Å². The van der Waals surface area contributed by atoms with Gasteiger partial charge in [0.05, 0.1) is 16.7 Å². The molecule has 0 spiro atoms. The number of fused-ring (bicyclic) bond motifs is 9. The number of nitrogens with zero attached hydrogens (tertiary/aromatic N) is 9. The molecule has 12 nitrogen and oxygen atoms in total. The summed E-state index contributed by atoms with van der Waals surface area (Å²) in [5, 5.41) is 6.18. The van der Waals surface area contributed by atoms with Gasteiger partial charge >= 0.3 is 0 Å². The van der Waals surface area contributed by atoms with Gasteiger partial charge in [-0.3, -0.25) is 0 Å². The van der Waals surface area contributed by atoms with Crippen LogP contribution >= 0.6 is 0 Å². The van der Waals surface area contributed by atoms with Crippen LogP contribution in [-0.4, -0.2) is 44.9 Å². The molecular weight excluding hydrogens is 2080 g/mol. The summed E-state index contributed by atoms with van der Waals surface area (Å²) in [5.41, 5.74) is 26.2. The molecule has 9 aromatic carbocycles. The number of aromatic nitrogens is 9. The van der Waals surface area contributed by atoms with Crippen molar-refractivity contribution in [1.82, 2.24) is 44.9 Å². The van der Waals surface area contributed by atoms with E-state index in [1.165, 1.54) is 17.2 Å². The molecule has 0 N–H and O–H groups in total. The van der Waals surface area contributed by atoms with Gasteiger partial charge in [-0.15, -0.1) is 162 Å². The maximum absolute atomic E-state index is 7.29. The van der Waals surface area contributed by atoms with Gasteiger partial charge in [0.25, 0.3) is 0 Å². The van der Waals surface area contributed by atoms with E-state index in [1.54, 1.807) is 30.6 Å². The maximum Gasteiger partial charge on any atom is 0.216 e. The van der Waals surface area contributed by atoms with E-state index in [2.05, 4.69) is 210 Å². The first-order chi connectivity index (χ1) is 61.5. The molecule has 0 aliphatic carbocycles. The third-order valence-electron chi connectivity index (χ3n) is 20.5. The molecule has 0 saturated heterocycles. The van der Waals surface area contributed by atoms with Crippen LogP contribution in [0.1, 0.15) is 85.8 Å². The number of pyridine rings is 9. The van der Waals surface area contributed by atoms with Crippen LogP contribution in [-0.2, 0) is 66.7 Å². The molecule has 0 saturated carbocycles. The number of furan rings is 3. The normalized spacial score (nSPS) is 11.2. The van der Waals surface area contributed by atoms with Gasteiger partial charge in [-0.25, -0.2) is 15.0 Å². The van der Waals surface area contributed by atoms with Gasteiger partial charge in [0.2, 0.25) is 17.1 Å². The van der Waals surface area contributed by atoms with Crippen molar-refractivity contribution in [3.05, 3.63) is 417 Å². The van der Waals surface area contributed by atoms with Gasteiger partial charge in [0, 0.05) is 134 Å². The topological polar surface area (TPSA) is 155 Å². The molecule has 21 rings (SSSR count). The van der Waals surface area contributed by atoms with E-state index in [4.69, 9.17) is 27.3 Å². The van der Waals surface area contributed by atoms with Crippen molar-refractivity contribution in [2.75, 3.05) is 0 Å². The summed E-state index contributed by atoms with van der Waals surface area (Å²) in [6.07, 6.45) is 10.2. The fourth-order valence-corrected chi connectivity index (χ4v) is 14.3. The molecule has 627 valence electrons. The quantitative estimate of drug-likeness (QED) is 0.101. The summed E-state index contributed by atoms with van der Waals surface area (Å²) in [6.45, 7) is 12.8. The van der Waals surface area contributed by atoms with E-state index in [-0.39, 0.29) is 66.0 Å². The Morgan fingerprint density at radius 2 is 0.659 bits per heavy atom. The fourth-order valence-electron chi connectivity index (χ4n) is 14.3. The van der Waals surface area contributed by atoms with Crippen molar-refractivity contribution in [1.29, 1.82) is 0 Å². The molecule has 21 aromatic rings. The Hall–Kier alpha value is -13.3. The standard InChI is InChI=1S/C27H23N2O.2C25H19N2O.C12H10N.2C11H8N.3Ir/c1-17(2)15-19-8-10-20(11-9-19)21-13-14-28-25(16-21)24-6-4-5-22-23-12-7-18(3)29-27(23)30-26(22)24;2*1-16(2)22-12-11-20-19-9-6-10-21(24(19)28-25(20)27-22)23-15-18(13-14-26-23)17-7-4-3-5-8-17;1-10-6-5-9-12(13-10)11-7-3-2-4-8-11;2*1-2-6-10(7-3-1)11-8-4-5-9-12-11;;;/h4-5,7-14,16-17H,15H2,1-3H3;2*3-9,11-16H,1-2H3;2-7,9H,1H3;2*1-6,8-9H;;;/q6*-1;;;/i;;;1D3;;;;;. The Bertz CT molecular complexity index is 6860. The molecule has 0 fully saturated rings. The predicted octanol–water partition coefficient (Wildman–Crippen LogP) is 28.2. The molecule has 12 aromatic heterocycles. The molecule has 12 heterocycles. The van der Waals surface area contributed by atoms with E-state index in [1.807, 2.05) is 226 Å². The summed E-state index contributed by atoms with van der Waals surface area (Å²) >= 11 is 0. The third kappa shape index (κ3) is 22.1. The van der Waals surface area contributed by atoms with Crippen molar-refractivity contribution >= 4 is 66.2 Å². The number of hydrogen-bond donors (Lipinski definition) is 0. The Morgan fingerprint density at radius 3 is 1.04 bits per heavy atom. The van der Waals surface area contributed by atoms with Gasteiger partial charge in [0.15, 0.2) is 0 Å². The van der Waals surface area contributed by atoms with Gasteiger partial charge in [-0.2, -0.15) is 0 Å². The van der Waals surface area contributed by atoms with Gasteiger partial charge in [0.1, 0.15) is 0 Å². The van der Waals surface area contributed by atoms with Crippen molar-refractivity contribution in [2.24, 2.45) is 5.92 Å². The summed E-state index contributed by atoms with van der Waals surface area (Å²) < 4.78 is 40.4. The maximum atomic E-state index is 7.29. The van der Waals surface area contributed by atoms with Crippen LogP contribution in [0.5, 0.6) is 0 Å². The van der Waals surface area contributed by atoms with E-state index in [9.17, 15) is 0 Å². The summed E-state index contributed by atoms with van der Waals surface area (Å²) in [7, 11) is 0. The zero-order valence-electron chi connectivity index (χ0n) is 73.2. The van der Waals surface area contributed by atoms with Crippen molar-refractivity contribution in [2.45, 2.75) is 73.6 Å². The van der Waals surface area contributed by atoms with E-state index >= 15 is 0 Å². The molecule has 0 atom stereocenters.